The average Bonchev–Trinajstić information content (AvgIpc) is 3.16. The van der Waals surface area contributed by atoms with Gasteiger partial charge in [-0.25, -0.2) is 0 Å². The molecule has 0 radical (unpaired) electrons. The second-order valence-corrected chi connectivity index (χ2v) is 5.61. The molecule has 1 aliphatic carbocycles. The fourth-order valence-corrected chi connectivity index (χ4v) is 2.52. The molecule has 1 N–H and O–H groups in total. The van der Waals surface area contributed by atoms with Gasteiger partial charge in [-0.15, -0.1) is 0 Å². The van der Waals surface area contributed by atoms with Gasteiger partial charge in [0.05, 0.1) is 13.7 Å². The Balaban J connectivity index is 2.03. The van der Waals surface area contributed by atoms with Gasteiger partial charge in [0.2, 0.25) is 0 Å². The molecule has 1 aromatic carbocycles. The van der Waals surface area contributed by atoms with Crippen LogP contribution in [0.25, 0.3) is 11.0 Å². The molecule has 0 atom stereocenters. The van der Waals surface area contributed by atoms with Crippen LogP contribution in [0.3, 0.4) is 0 Å². The molecule has 0 amide bonds. The van der Waals surface area contributed by atoms with E-state index >= 15 is 0 Å². The summed E-state index contributed by atoms with van der Waals surface area (Å²) in [5.41, 5.74) is 2.37. The van der Waals surface area contributed by atoms with E-state index in [2.05, 4.69) is 25.2 Å². The highest BCUT2D eigenvalue weighted by molar-refractivity contribution is 5.84. The van der Waals surface area contributed by atoms with Crippen LogP contribution >= 0.6 is 0 Å². The number of rotatable bonds is 5. The number of ether oxygens (including phenoxy) is 1. The number of methoxy groups -OCH3 is 1. The predicted octanol–water partition coefficient (Wildman–Crippen LogP) is 3.82. The molecule has 3 nitrogen and oxygen atoms in total. The zero-order valence-electron chi connectivity index (χ0n) is 11.8. The Morgan fingerprint density at radius 2 is 2.16 bits per heavy atom. The van der Waals surface area contributed by atoms with E-state index < -0.39 is 0 Å². The molecule has 0 aliphatic heterocycles. The molecule has 3 rings (SSSR count). The molecular weight excluding hydrogens is 238 g/mol. The standard InChI is InChI=1S/C16H21NO2/c1-10(2)17-9-15-16(11-4-5-11)13-8-12(18-3)6-7-14(13)19-15/h6-8,10-11,17H,4-5,9H2,1-3H3. The van der Waals surface area contributed by atoms with Crippen LogP contribution in [0.15, 0.2) is 22.6 Å². The van der Waals surface area contributed by atoms with Crippen LogP contribution in [0.2, 0.25) is 0 Å². The van der Waals surface area contributed by atoms with E-state index in [1.165, 1.54) is 23.8 Å². The van der Waals surface area contributed by atoms with Crippen LogP contribution in [0.5, 0.6) is 5.75 Å². The first kappa shape index (κ1) is 12.5. The van der Waals surface area contributed by atoms with E-state index in [0.717, 1.165) is 23.6 Å². The van der Waals surface area contributed by atoms with Crippen molar-refractivity contribution >= 4 is 11.0 Å². The fourth-order valence-electron chi connectivity index (χ4n) is 2.52. The Morgan fingerprint density at radius 3 is 2.79 bits per heavy atom. The highest BCUT2D eigenvalue weighted by atomic mass is 16.5. The lowest BCUT2D eigenvalue weighted by molar-refractivity contribution is 0.415. The minimum Gasteiger partial charge on any atom is -0.497 e. The number of nitrogens with one attached hydrogen (secondary N) is 1. The fraction of sp³-hybridized carbons (Fsp3) is 0.500. The molecule has 2 aromatic rings. The molecule has 1 aromatic heterocycles. The van der Waals surface area contributed by atoms with Crippen LogP contribution in [-0.4, -0.2) is 13.2 Å². The summed E-state index contributed by atoms with van der Waals surface area (Å²) in [4.78, 5) is 0. The number of benzene rings is 1. The summed E-state index contributed by atoms with van der Waals surface area (Å²) in [5.74, 6) is 2.68. The maximum Gasteiger partial charge on any atom is 0.134 e. The minimum atomic E-state index is 0.467. The topological polar surface area (TPSA) is 34.4 Å². The SMILES string of the molecule is COc1ccc2oc(CNC(C)C)c(C3CC3)c2c1. The smallest absolute Gasteiger partial charge is 0.134 e. The van der Waals surface area contributed by atoms with Crippen molar-refractivity contribution in [3.8, 4) is 5.75 Å². The monoisotopic (exact) mass is 259 g/mol. The van der Waals surface area contributed by atoms with Gasteiger partial charge in [0.15, 0.2) is 0 Å². The quantitative estimate of drug-likeness (QED) is 0.886. The maximum absolute atomic E-state index is 6.03. The molecule has 0 saturated heterocycles. The zero-order valence-corrected chi connectivity index (χ0v) is 11.8. The summed E-state index contributed by atoms with van der Waals surface area (Å²) in [6.45, 7) is 5.12. The van der Waals surface area contributed by atoms with Crippen molar-refractivity contribution in [3.05, 3.63) is 29.5 Å². The van der Waals surface area contributed by atoms with Crippen molar-refractivity contribution < 1.29 is 9.15 Å². The van der Waals surface area contributed by atoms with Crippen LogP contribution in [0.1, 0.15) is 43.9 Å². The molecule has 1 heterocycles. The first-order valence-electron chi connectivity index (χ1n) is 7.01. The van der Waals surface area contributed by atoms with Crippen molar-refractivity contribution in [1.29, 1.82) is 0 Å². The second-order valence-electron chi connectivity index (χ2n) is 5.61. The van der Waals surface area contributed by atoms with Gasteiger partial charge in [-0.05, 0) is 37.0 Å². The molecule has 3 heteroatoms. The Hall–Kier alpha value is -1.48. The van der Waals surface area contributed by atoms with Crippen molar-refractivity contribution in [2.45, 2.75) is 45.2 Å². The molecule has 0 unspecified atom stereocenters. The summed E-state index contributed by atoms with van der Waals surface area (Å²) in [6.07, 6.45) is 2.56. The van der Waals surface area contributed by atoms with Gasteiger partial charge < -0.3 is 14.5 Å². The Bertz CT molecular complexity index is 582. The Labute approximate surface area is 113 Å². The summed E-state index contributed by atoms with van der Waals surface area (Å²) in [5, 5.41) is 4.67. The molecular formula is C16H21NO2. The highest BCUT2D eigenvalue weighted by Gasteiger charge is 2.30. The van der Waals surface area contributed by atoms with E-state index in [0.29, 0.717) is 12.0 Å². The molecule has 102 valence electrons. The number of hydrogen-bond acceptors (Lipinski definition) is 3. The first-order chi connectivity index (χ1) is 9.19. The van der Waals surface area contributed by atoms with E-state index in [9.17, 15) is 0 Å². The van der Waals surface area contributed by atoms with E-state index in [1.807, 2.05) is 12.1 Å². The van der Waals surface area contributed by atoms with Gasteiger partial charge in [-0.2, -0.15) is 0 Å². The summed E-state index contributed by atoms with van der Waals surface area (Å²) in [7, 11) is 1.71. The third-order valence-corrected chi connectivity index (χ3v) is 3.67. The zero-order chi connectivity index (χ0) is 13.4. The predicted molar refractivity (Wildman–Crippen MR) is 76.7 cm³/mol. The summed E-state index contributed by atoms with van der Waals surface area (Å²) >= 11 is 0. The van der Waals surface area contributed by atoms with Gasteiger partial charge in [-0.1, -0.05) is 13.8 Å². The van der Waals surface area contributed by atoms with Crippen molar-refractivity contribution in [1.82, 2.24) is 5.32 Å². The lowest BCUT2D eigenvalue weighted by Crippen LogP contribution is -2.22. The largest absolute Gasteiger partial charge is 0.497 e. The third kappa shape index (κ3) is 2.47. The molecule has 19 heavy (non-hydrogen) atoms. The first-order valence-corrected chi connectivity index (χ1v) is 7.01. The van der Waals surface area contributed by atoms with Gasteiger partial charge in [0.1, 0.15) is 17.1 Å². The van der Waals surface area contributed by atoms with Crippen molar-refractivity contribution in [3.63, 3.8) is 0 Å². The minimum absolute atomic E-state index is 0.467. The highest BCUT2D eigenvalue weighted by Crippen LogP contribution is 2.46. The third-order valence-electron chi connectivity index (χ3n) is 3.67. The van der Waals surface area contributed by atoms with E-state index in [4.69, 9.17) is 9.15 Å². The normalized spacial score (nSPS) is 15.4. The van der Waals surface area contributed by atoms with Crippen LogP contribution in [0.4, 0.5) is 0 Å². The lowest BCUT2D eigenvalue weighted by atomic mass is 10.1. The summed E-state index contributed by atoms with van der Waals surface area (Å²) in [6, 6.07) is 6.54. The lowest BCUT2D eigenvalue weighted by Gasteiger charge is -2.07. The maximum atomic E-state index is 6.03. The van der Waals surface area contributed by atoms with E-state index in [-0.39, 0.29) is 0 Å². The van der Waals surface area contributed by atoms with Gasteiger partial charge >= 0.3 is 0 Å². The molecule has 0 bridgehead atoms. The van der Waals surface area contributed by atoms with Crippen LogP contribution in [0, 0.1) is 0 Å². The van der Waals surface area contributed by atoms with Crippen LogP contribution < -0.4 is 10.1 Å². The second kappa shape index (κ2) is 4.89. The van der Waals surface area contributed by atoms with Crippen molar-refractivity contribution in [2.24, 2.45) is 0 Å². The molecule has 1 fully saturated rings. The number of furan rings is 1. The molecule has 1 aliphatic rings. The number of fused-ring (bicyclic) bond motifs is 1. The Kier molecular flexibility index (Phi) is 3.23. The van der Waals surface area contributed by atoms with Crippen molar-refractivity contribution in [2.75, 3.05) is 7.11 Å². The average molecular weight is 259 g/mol. The van der Waals surface area contributed by atoms with Gasteiger partial charge in [0.25, 0.3) is 0 Å². The Morgan fingerprint density at radius 1 is 1.37 bits per heavy atom. The van der Waals surface area contributed by atoms with Gasteiger partial charge in [-0.3, -0.25) is 0 Å². The summed E-state index contributed by atoms with van der Waals surface area (Å²) < 4.78 is 11.4. The van der Waals surface area contributed by atoms with E-state index in [1.54, 1.807) is 7.11 Å². The van der Waals surface area contributed by atoms with Crippen LogP contribution in [-0.2, 0) is 6.54 Å². The van der Waals surface area contributed by atoms with Gasteiger partial charge in [0, 0.05) is 17.0 Å². The molecule has 1 saturated carbocycles. The number of hydrogen-bond donors (Lipinski definition) is 1. The molecule has 0 spiro atoms.